The maximum atomic E-state index is 12.3. The number of nitrogens with zero attached hydrogens (tertiary/aromatic N) is 2. The molecule has 25 heavy (non-hydrogen) atoms. The summed E-state index contributed by atoms with van der Waals surface area (Å²) in [5.74, 6) is -2.01. The Morgan fingerprint density at radius 2 is 2.16 bits per heavy atom. The Kier molecular flexibility index (Phi) is 5.00. The average molecular weight is 380 g/mol. The quantitative estimate of drug-likeness (QED) is 0.829. The van der Waals surface area contributed by atoms with E-state index in [0.29, 0.717) is 15.7 Å². The van der Waals surface area contributed by atoms with E-state index in [1.807, 2.05) is 0 Å². The standard InChI is InChI=1S/C16H14ClN3O4S/c17-10-3-1-2-4-12(10)20-7-9(5-14(20)21)15(22)18-6-13-19-11(8-25-13)16(23)24/h1-4,8-9H,5-7H2,(H,18,22)(H,23,24). The first kappa shape index (κ1) is 17.4. The van der Waals surface area contributed by atoms with Crippen molar-refractivity contribution in [3.05, 3.63) is 45.4 Å². The second-order valence-corrected chi connectivity index (χ2v) is 6.86. The Morgan fingerprint density at radius 1 is 1.40 bits per heavy atom. The monoisotopic (exact) mass is 379 g/mol. The van der Waals surface area contributed by atoms with Gasteiger partial charge in [0.2, 0.25) is 11.8 Å². The summed E-state index contributed by atoms with van der Waals surface area (Å²) in [7, 11) is 0. The van der Waals surface area contributed by atoms with Gasteiger partial charge in [0, 0.05) is 18.3 Å². The highest BCUT2D eigenvalue weighted by molar-refractivity contribution is 7.09. The van der Waals surface area contributed by atoms with Crippen LogP contribution in [0.25, 0.3) is 0 Å². The minimum atomic E-state index is -1.11. The van der Waals surface area contributed by atoms with E-state index < -0.39 is 11.9 Å². The fourth-order valence-corrected chi connectivity index (χ4v) is 3.53. The number of amides is 2. The van der Waals surface area contributed by atoms with Crippen LogP contribution >= 0.6 is 22.9 Å². The second kappa shape index (κ2) is 7.20. The number of para-hydroxylation sites is 1. The number of rotatable bonds is 5. The number of hydrogen-bond donors (Lipinski definition) is 2. The first-order chi connectivity index (χ1) is 12.0. The zero-order chi connectivity index (χ0) is 18.0. The van der Waals surface area contributed by atoms with Gasteiger partial charge in [0.1, 0.15) is 5.01 Å². The highest BCUT2D eigenvalue weighted by Crippen LogP contribution is 2.31. The van der Waals surface area contributed by atoms with Crippen molar-refractivity contribution < 1.29 is 19.5 Å². The molecule has 3 rings (SSSR count). The Morgan fingerprint density at radius 3 is 2.84 bits per heavy atom. The van der Waals surface area contributed by atoms with Crippen molar-refractivity contribution in [2.75, 3.05) is 11.4 Å². The SMILES string of the molecule is O=C(O)c1csc(CNC(=O)C2CC(=O)N(c3ccccc3Cl)C2)n1. The molecule has 1 aliphatic rings. The van der Waals surface area contributed by atoms with Gasteiger partial charge in [-0.1, -0.05) is 23.7 Å². The number of nitrogens with one attached hydrogen (secondary N) is 1. The van der Waals surface area contributed by atoms with E-state index in [-0.39, 0.29) is 37.0 Å². The lowest BCUT2D eigenvalue weighted by Crippen LogP contribution is -2.32. The van der Waals surface area contributed by atoms with E-state index in [1.54, 1.807) is 24.3 Å². The molecule has 9 heteroatoms. The number of anilines is 1. The second-order valence-electron chi connectivity index (χ2n) is 5.51. The minimum absolute atomic E-state index is 0.0461. The van der Waals surface area contributed by atoms with E-state index in [4.69, 9.17) is 16.7 Å². The van der Waals surface area contributed by atoms with Gasteiger partial charge in [0.15, 0.2) is 5.69 Å². The molecular formula is C16H14ClN3O4S. The molecule has 0 spiro atoms. The Balaban J connectivity index is 1.61. The number of aromatic carboxylic acids is 1. The predicted octanol–water partition coefficient (Wildman–Crippen LogP) is 2.16. The smallest absolute Gasteiger partial charge is 0.355 e. The maximum absolute atomic E-state index is 12.3. The Labute approximate surface area is 152 Å². The minimum Gasteiger partial charge on any atom is -0.476 e. The van der Waals surface area contributed by atoms with Gasteiger partial charge in [-0.3, -0.25) is 9.59 Å². The zero-order valence-electron chi connectivity index (χ0n) is 12.9. The van der Waals surface area contributed by atoms with E-state index >= 15 is 0 Å². The molecule has 0 bridgehead atoms. The number of carbonyl (C=O) groups excluding carboxylic acids is 2. The summed E-state index contributed by atoms with van der Waals surface area (Å²) in [4.78, 5) is 40.7. The van der Waals surface area contributed by atoms with Gasteiger partial charge in [-0.2, -0.15) is 0 Å². The maximum Gasteiger partial charge on any atom is 0.355 e. The number of hydrogen-bond acceptors (Lipinski definition) is 5. The zero-order valence-corrected chi connectivity index (χ0v) is 14.5. The van der Waals surface area contributed by atoms with Crippen molar-refractivity contribution in [1.82, 2.24) is 10.3 Å². The third-order valence-electron chi connectivity index (χ3n) is 3.82. The molecule has 1 saturated heterocycles. The molecule has 2 N–H and O–H groups in total. The van der Waals surface area contributed by atoms with Crippen LogP contribution in [0.2, 0.25) is 5.02 Å². The third-order valence-corrected chi connectivity index (χ3v) is 4.99. The number of halogens is 1. The Hall–Kier alpha value is -2.45. The van der Waals surface area contributed by atoms with E-state index in [2.05, 4.69) is 10.3 Å². The average Bonchev–Trinajstić information content (AvgIpc) is 3.20. The van der Waals surface area contributed by atoms with Crippen molar-refractivity contribution in [3.8, 4) is 0 Å². The predicted molar refractivity (Wildman–Crippen MR) is 92.8 cm³/mol. The molecule has 0 aliphatic carbocycles. The van der Waals surface area contributed by atoms with E-state index in [9.17, 15) is 14.4 Å². The van der Waals surface area contributed by atoms with Crippen LogP contribution in [0.4, 0.5) is 5.69 Å². The Bertz CT molecular complexity index is 838. The van der Waals surface area contributed by atoms with Gasteiger partial charge < -0.3 is 15.3 Å². The van der Waals surface area contributed by atoms with Crippen LogP contribution in [-0.4, -0.2) is 34.4 Å². The molecule has 7 nitrogen and oxygen atoms in total. The van der Waals surface area contributed by atoms with Crippen molar-refractivity contribution in [3.63, 3.8) is 0 Å². The lowest BCUT2D eigenvalue weighted by molar-refractivity contribution is -0.126. The van der Waals surface area contributed by atoms with Gasteiger partial charge in [-0.25, -0.2) is 9.78 Å². The molecule has 1 fully saturated rings. The molecule has 0 saturated carbocycles. The molecular weight excluding hydrogens is 366 g/mol. The van der Waals surface area contributed by atoms with Crippen LogP contribution < -0.4 is 10.2 Å². The number of thiazole rings is 1. The molecule has 2 amide bonds. The van der Waals surface area contributed by atoms with Crippen LogP contribution in [0.15, 0.2) is 29.6 Å². The molecule has 1 atom stereocenters. The summed E-state index contributed by atoms with van der Waals surface area (Å²) in [6.45, 7) is 0.389. The van der Waals surface area contributed by atoms with Gasteiger partial charge in [-0.15, -0.1) is 11.3 Å². The molecule has 1 aliphatic heterocycles. The summed E-state index contributed by atoms with van der Waals surface area (Å²) in [5.41, 5.74) is 0.547. The summed E-state index contributed by atoms with van der Waals surface area (Å²) in [5, 5.41) is 13.9. The van der Waals surface area contributed by atoms with Crippen molar-refractivity contribution in [1.29, 1.82) is 0 Å². The van der Waals surface area contributed by atoms with Crippen molar-refractivity contribution in [2.24, 2.45) is 5.92 Å². The lowest BCUT2D eigenvalue weighted by Gasteiger charge is -2.17. The highest BCUT2D eigenvalue weighted by Gasteiger charge is 2.35. The molecule has 1 unspecified atom stereocenters. The summed E-state index contributed by atoms with van der Waals surface area (Å²) in [6.07, 6.45) is 0.106. The van der Waals surface area contributed by atoms with Gasteiger partial charge in [-0.05, 0) is 12.1 Å². The van der Waals surface area contributed by atoms with E-state index in [1.165, 1.54) is 10.3 Å². The van der Waals surface area contributed by atoms with Crippen LogP contribution in [0.1, 0.15) is 21.9 Å². The fourth-order valence-electron chi connectivity index (χ4n) is 2.58. The molecule has 130 valence electrons. The highest BCUT2D eigenvalue weighted by atomic mass is 35.5. The number of carbonyl (C=O) groups is 3. The van der Waals surface area contributed by atoms with Crippen LogP contribution in [0.3, 0.4) is 0 Å². The fraction of sp³-hybridized carbons (Fsp3) is 0.250. The number of carboxylic acids is 1. The molecule has 2 heterocycles. The summed E-state index contributed by atoms with van der Waals surface area (Å²) in [6, 6.07) is 6.99. The van der Waals surface area contributed by atoms with Crippen LogP contribution in [-0.2, 0) is 16.1 Å². The number of aromatic nitrogens is 1. The van der Waals surface area contributed by atoms with Crippen molar-refractivity contribution >= 4 is 46.4 Å². The van der Waals surface area contributed by atoms with Gasteiger partial charge in [0.05, 0.1) is 23.2 Å². The third kappa shape index (κ3) is 3.80. The van der Waals surface area contributed by atoms with Gasteiger partial charge in [0.25, 0.3) is 0 Å². The van der Waals surface area contributed by atoms with E-state index in [0.717, 1.165) is 11.3 Å². The normalized spacial score (nSPS) is 16.9. The summed E-state index contributed by atoms with van der Waals surface area (Å²) < 4.78 is 0. The topological polar surface area (TPSA) is 99.6 Å². The largest absolute Gasteiger partial charge is 0.476 e. The molecule has 1 aromatic heterocycles. The van der Waals surface area contributed by atoms with Crippen LogP contribution in [0.5, 0.6) is 0 Å². The number of benzene rings is 1. The van der Waals surface area contributed by atoms with Crippen LogP contribution in [0, 0.1) is 5.92 Å². The number of carboxylic acid groups (broad SMARTS) is 1. The summed E-state index contributed by atoms with van der Waals surface area (Å²) >= 11 is 7.28. The first-order valence-electron chi connectivity index (χ1n) is 7.46. The molecule has 0 radical (unpaired) electrons. The lowest BCUT2D eigenvalue weighted by atomic mass is 10.1. The molecule has 1 aromatic carbocycles. The molecule has 2 aromatic rings. The van der Waals surface area contributed by atoms with Crippen molar-refractivity contribution in [2.45, 2.75) is 13.0 Å². The first-order valence-corrected chi connectivity index (χ1v) is 8.71. The van der Waals surface area contributed by atoms with Gasteiger partial charge >= 0.3 is 5.97 Å².